The number of carbonyl (C=O) groups is 1. The fraction of sp³-hybridized carbons (Fsp3) is 0.958. The molecule has 2 N–H and O–H groups in total. The lowest BCUT2D eigenvalue weighted by Gasteiger charge is -2.09. The molecule has 14 heteroatoms. The average molecular weight is 561 g/mol. The van der Waals surface area contributed by atoms with Gasteiger partial charge in [-0.15, -0.1) is 0 Å². The van der Waals surface area contributed by atoms with Gasteiger partial charge in [-0.2, -0.15) is 0 Å². The third kappa shape index (κ3) is 35.0. The molecule has 0 amide bonds. The average Bonchev–Trinajstić information content (AvgIpc) is 2.91. The first kappa shape index (κ1) is 37.0. The predicted molar refractivity (Wildman–Crippen MR) is 134 cm³/mol. The van der Waals surface area contributed by atoms with Crippen LogP contribution in [0.4, 0.5) is 0 Å². The van der Waals surface area contributed by atoms with E-state index >= 15 is 0 Å². The number of carboxylic acids is 1. The van der Waals surface area contributed by atoms with Gasteiger partial charge in [0.15, 0.2) is 0 Å². The molecule has 0 aromatic carbocycles. The van der Waals surface area contributed by atoms with E-state index in [9.17, 15) is 4.79 Å². The number of hydrogen-bond acceptors (Lipinski definition) is 13. The third-order valence-corrected chi connectivity index (χ3v) is 4.18. The largest absolute Gasteiger partial charge is 0.480 e. The molecule has 0 fully saturated rings. The monoisotopic (exact) mass is 560 g/mol. The number of hydrogen-bond donors (Lipinski definition) is 2. The van der Waals surface area contributed by atoms with Crippen LogP contribution in [0.3, 0.4) is 0 Å². The Bertz CT molecular complexity index is 458. The summed E-state index contributed by atoms with van der Waals surface area (Å²) in [5, 5.41) is 17.0. The summed E-state index contributed by atoms with van der Waals surface area (Å²) < 4.78 is 58.2. The van der Waals surface area contributed by atoms with E-state index in [-0.39, 0.29) is 19.8 Å². The van der Waals surface area contributed by atoms with Gasteiger partial charge in [-0.25, -0.2) is 4.79 Å². The van der Waals surface area contributed by atoms with Crippen LogP contribution in [0.15, 0.2) is 0 Å². The molecule has 0 atom stereocenters. The highest BCUT2D eigenvalue weighted by Crippen LogP contribution is 1.87. The van der Waals surface area contributed by atoms with Crippen LogP contribution in [-0.2, 0) is 56.9 Å². The van der Waals surface area contributed by atoms with Crippen LogP contribution in [0.2, 0.25) is 0 Å². The number of aliphatic hydroxyl groups is 1. The second kappa shape index (κ2) is 34.0. The van der Waals surface area contributed by atoms with Crippen LogP contribution in [0.5, 0.6) is 0 Å². The van der Waals surface area contributed by atoms with Gasteiger partial charge in [-0.3, -0.25) is 0 Å². The van der Waals surface area contributed by atoms with E-state index in [2.05, 4.69) is 0 Å². The van der Waals surface area contributed by atoms with Crippen molar-refractivity contribution in [2.24, 2.45) is 0 Å². The molecule has 0 radical (unpaired) electrons. The predicted octanol–water partition coefficient (Wildman–Crippen LogP) is -0.754. The van der Waals surface area contributed by atoms with Gasteiger partial charge in [0, 0.05) is 0 Å². The molecule has 0 aliphatic carbocycles. The van der Waals surface area contributed by atoms with Crippen LogP contribution < -0.4 is 0 Å². The van der Waals surface area contributed by atoms with Gasteiger partial charge in [-0.1, -0.05) is 0 Å². The number of aliphatic hydroxyl groups excluding tert-OH is 1. The van der Waals surface area contributed by atoms with Gasteiger partial charge in [0.1, 0.15) is 6.61 Å². The summed E-state index contributed by atoms with van der Waals surface area (Å²) in [5.74, 6) is -0.997. The van der Waals surface area contributed by atoms with E-state index in [0.29, 0.717) is 132 Å². The lowest BCUT2D eigenvalue weighted by molar-refractivity contribution is -0.142. The van der Waals surface area contributed by atoms with Gasteiger partial charge in [-0.05, 0) is 0 Å². The Morgan fingerprint density at radius 3 is 0.711 bits per heavy atom. The summed E-state index contributed by atoms with van der Waals surface area (Å²) >= 11 is 0. The molecule has 0 rings (SSSR count). The van der Waals surface area contributed by atoms with Crippen LogP contribution >= 0.6 is 0 Å². The first-order valence-corrected chi connectivity index (χ1v) is 12.9. The summed E-state index contributed by atoms with van der Waals surface area (Å²) in [6.07, 6.45) is 0. The molecule has 0 saturated carbocycles. The second-order valence-corrected chi connectivity index (χ2v) is 7.29. The normalized spacial score (nSPS) is 11.4. The van der Waals surface area contributed by atoms with Crippen molar-refractivity contribution in [2.45, 2.75) is 0 Å². The van der Waals surface area contributed by atoms with Crippen molar-refractivity contribution >= 4 is 5.97 Å². The Labute approximate surface area is 225 Å². The van der Waals surface area contributed by atoms with E-state index in [4.69, 9.17) is 62.3 Å². The van der Waals surface area contributed by atoms with Gasteiger partial charge < -0.3 is 62.3 Å². The SMILES string of the molecule is O=C(O)COCCOCCOCCOCCOCCOCCOCCOCCOCCOCCOCCO. The quantitative estimate of drug-likeness (QED) is 0.0946. The van der Waals surface area contributed by atoms with Crippen LogP contribution in [-0.4, -0.2) is 168 Å². The van der Waals surface area contributed by atoms with Gasteiger partial charge in [0.2, 0.25) is 0 Å². The Kier molecular flexibility index (Phi) is 33.1. The highest BCUT2D eigenvalue weighted by atomic mass is 16.6. The van der Waals surface area contributed by atoms with Crippen LogP contribution in [0, 0.1) is 0 Å². The zero-order valence-corrected chi connectivity index (χ0v) is 22.6. The minimum absolute atomic E-state index is 0.0209. The zero-order valence-electron chi connectivity index (χ0n) is 22.6. The second-order valence-electron chi connectivity index (χ2n) is 7.29. The van der Waals surface area contributed by atoms with Crippen molar-refractivity contribution in [3.05, 3.63) is 0 Å². The fourth-order valence-electron chi connectivity index (χ4n) is 2.42. The molecule has 38 heavy (non-hydrogen) atoms. The fourth-order valence-corrected chi connectivity index (χ4v) is 2.42. The summed E-state index contributed by atoms with van der Waals surface area (Å²) in [7, 11) is 0. The molecular weight excluding hydrogens is 512 g/mol. The lowest BCUT2D eigenvalue weighted by Crippen LogP contribution is -2.15. The minimum atomic E-state index is -0.997. The molecule has 0 aromatic rings. The zero-order chi connectivity index (χ0) is 27.6. The molecule has 0 aliphatic heterocycles. The van der Waals surface area contributed by atoms with Crippen molar-refractivity contribution in [1.82, 2.24) is 0 Å². The molecule has 0 unspecified atom stereocenters. The Balaban J connectivity index is 3.02. The van der Waals surface area contributed by atoms with E-state index in [1.165, 1.54) is 0 Å². The molecule has 228 valence electrons. The highest BCUT2D eigenvalue weighted by Gasteiger charge is 1.97. The van der Waals surface area contributed by atoms with Crippen molar-refractivity contribution in [3.8, 4) is 0 Å². The Morgan fingerprint density at radius 2 is 0.526 bits per heavy atom. The molecule has 0 heterocycles. The Hall–Kier alpha value is -1.01. The van der Waals surface area contributed by atoms with Gasteiger partial charge >= 0.3 is 5.97 Å². The van der Waals surface area contributed by atoms with Gasteiger partial charge in [0.25, 0.3) is 0 Å². The Morgan fingerprint density at radius 1 is 0.342 bits per heavy atom. The maximum absolute atomic E-state index is 10.2. The number of aliphatic carboxylic acids is 1. The first-order valence-electron chi connectivity index (χ1n) is 12.9. The number of carboxylic acid groups (broad SMARTS) is 1. The molecule has 14 nitrogen and oxygen atoms in total. The third-order valence-electron chi connectivity index (χ3n) is 4.18. The van der Waals surface area contributed by atoms with Crippen LogP contribution in [0.25, 0.3) is 0 Å². The maximum atomic E-state index is 10.2. The minimum Gasteiger partial charge on any atom is -0.480 e. The molecule has 0 aromatic heterocycles. The van der Waals surface area contributed by atoms with E-state index in [0.717, 1.165) is 0 Å². The van der Waals surface area contributed by atoms with E-state index < -0.39 is 5.97 Å². The standard InChI is InChI=1S/C24H48O14/c25-1-2-28-3-4-29-5-6-30-7-8-31-9-10-32-11-12-33-13-14-34-15-16-35-17-18-36-19-20-37-21-22-38-23-24(26)27/h25H,1-23H2,(H,26,27). The number of rotatable bonds is 34. The summed E-state index contributed by atoms with van der Waals surface area (Å²) in [6.45, 7) is 9.22. The molecule has 0 saturated heterocycles. The topological polar surface area (TPSA) is 159 Å². The number of ether oxygens (including phenoxy) is 11. The maximum Gasteiger partial charge on any atom is 0.329 e. The van der Waals surface area contributed by atoms with Gasteiger partial charge in [0.05, 0.1) is 145 Å². The molecular formula is C24H48O14. The van der Waals surface area contributed by atoms with Crippen LogP contribution in [0.1, 0.15) is 0 Å². The summed E-state index contributed by atoms with van der Waals surface area (Å²) in [4.78, 5) is 10.2. The molecule has 0 bridgehead atoms. The van der Waals surface area contributed by atoms with E-state index in [1.54, 1.807) is 0 Å². The van der Waals surface area contributed by atoms with Crippen molar-refractivity contribution < 1.29 is 67.1 Å². The molecule has 0 spiro atoms. The van der Waals surface area contributed by atoms with Crippen molar-refractivity contribution in [1.29, 1.82) is 0 Å². The summed E-state index contributed by atoms with van der Waals surface area (Å²) in [6, 6.07) is 0. The first-order chi connectivity index (χ1) is 18.8. The molecule has 0 aliphatic rings. The smallest absolute Gasteiger partial charge is 0.329 e. The highest BCUT2D eigenvalue weighted by molar-refractivity contribution is 5.67. The summed E-state index contributed by atoms with van der Waals surface area (Å²) in [5.41, 5.74) is 0. The van der Waals surface area contributed by atoms with Crippen molar-refractivity contribution in [3.63, 3.8) is 0 Å². The van der Waals surface area contributed by atoms with E-state index in [1.807, 2.05) is 0 Å². The lowest BCUT2D eigenvalue weighted by atomic mass is 10.6. The van der Waals surface area contributed by atoms with Crippen molar-refractivity contribution in [2.75, 3.05) is 152 Å².